The lowest BCUT2D eigenvalue weighted by Gasteiger charge is -2.17. The fraction of sp³-hybridized carbons (Fsp3) is 0. The Hall–Kier alpha value is -8.21. The van der Waals surface area contributed by atoms with Crippen molar-refractivity contribution in [2.75, 3.05) is 0 Å². The summed E-state index contributed by atoms with van der Waals surface area (Å²) in [5.74, 6) is 1.88. The van der Waals surface area contributed by atoms with Crippen molar-refractivity contribution < 1.29 is 0 Å². The molecule has 0 saturated heterocycles. The number of fused-ring (bicyclic) bond motifs is 6. The van der Waals surface area contributed by atoms with Crippen LogP contribution >= 0.6 is 0 Å². The second-order valence-corrected chi connectivity index (χ2v) is 15.6. The third-order valence-electron chi connectivity index (χ3n) is 12.0. The number of rotatable bonds is 6. The second-order valence-electron chi connectivity index (χ2n) is 15.6. The third-order valence-corrected chi connectivity index (χ3v) is 12.0. The Kier molecular flexibility index (Phi) is 8.13. The summed E-state index contributed by atoms with van der Waals surface area (Å²) in [4.78, 5) is 15.6. The Morgan fingerprint density at radius 1 is 0.262 bits per heavy atom. The molecule has 0 aliphatic rings. The molecule has 0 unspecified atom stereocenters. The number of nitrogens with zero attached hydrogens (tertiary/aromatic N) is 4. The van der Waals surface area contributed by atoms with E-state index in [1.54, 1.807) is 0 Å². The molecular formula is C57H36N4. The molecule has 0 saturated carbocycles. The molecular weight excluding hydrogens is 741 g/mol. The molecule has 0 aliphatic carbocycles. The van der Waals surface area contributed by atoms with Crippen LogP contribution in [-0.4, -0.2) is 19.5 Å². The first-order valence-electron chi connectivity index (χ1n) is 20.7. The molecule has 2 heterocycles. The highest BCUT2D eigenvalue weighted by atomic mass is 15.0. The molecule has 12 rings (SSSR count). The molecule has 4 heteroatoms. The summed E-state index contributed by atoms with van der Waals surface area (Å²) in [6.45, 7) is 0. The highest BCUT2D eigenvalue weighted by molar-refractivity contribution is 6.17. The molecule has 0 N–H and O–H groups in total. The first-order chi connectivity index (χ1) is 30.2. The minimum Gasteiger partial charge on any atom is -0.309 e. The Morgan fingerprint density at radius 3 is 1.43 bits per heavy atom. The highest BCUT2D eigenvalue weighted by Gasteiger charge is 2.21. The van der Waals surface area contributed by atoms with Gasteiger partial charge in [0, 0.05) is 33.0 Å². The molecule has 0 aliphatic heterocycles. The van der Waals surface area contributed by atoms with Gasteiger partial charge >= 0.3 is 0 Å². The van der Waals surface area contributed by atoms with Crippen molar-refractivity contribution in [3.05, 3.63) is 218 Å². The van der Waals surface area contributed by atoms with Gasteiger partial charge in [-0.1, -0.05) is 170 Å². The van der Waals surface area contributed by atoms with E-state index in [0.717, 1.165) is 60.9 Å². The average molecular weight is 777 g/mol. The lowest BCUT2D eigenvalue weighted by atomic mass is 9.96. The van der Waals surface area contributed by atoms with Crippen molar-refractivity contribution in [2.45, 2.75) is 0 Å². The fourth-order valence-corrected chi connectivity index (χ4v) is 9.01. The molecule has 284 valence electrons. The second kappa shape index (κ2) is 14.3. The van der Waals surface area contributed by atoms with Crippen molar-refractivity contribution in [2.24, 2.45) is 0 Å². The van der Waals surface area contributed by atoms with Gasteiger partial charge in [0.05, 0.1) is 16.7 Å². The van der Waals surface area contributed by atoms with Crippen LogP contribution in [0.1, 0.15) is 0 Å². The van der Waals surface area contributed by atoms with Gasteiger partial charge in [0.1, 0.15) is 0 Å². The summed E-state index contributed by atoms with van der Waals surface area (Å²) < 4.78 is 2.46. The maximum absolute atomic E-state index is 5.28. The van der Waals surface area contributed by atoms with Crippen LogP contribution in [0.4, 0.5) is 0 Å². The lowest BCUT2D eigenvalue weighted by Crippen LogP contribution is -2.02. The predicted octanol–water partition coefficient (Wildman–Crippen LogP) is 14.8. The van der Waals surface area contributed by atoms with Gasteiger partial charge in [-0.05, 0) is 97.5 Å². The Labute approximate surface area is 352 Å². The van der Waals surface area contributed by atoms with Crippen LogP contribution in [0.25, 0.3) is 116 Å². The van der Waals surface area contributed by atoms with Crippen LogP contribution in [0.5, 0.6) is 0 Å². The number of aromatic nitrogens is 4. The van der Waals surface area contributed by atoms with Crippen LogP contribution in [0, 0.1) is 0 Å². The molecule has 10 aromatic carbocycles. The minimum atomic E-state index is 0.614. The van der Waals surface area contributed by atoms with Crippen LogP contribution in [0.3, 0.4) is 0 Å². The van der Waals surface area contributed by atoms with Crippen molar-refractivity contribution >= 4 is 54.1 Å². The average Bonchev–Trinajstić information content (AvgIpc) is 3.63. The quantitative estimate of drug-likeness (QED) is 0.169. The molecule has 0 amide bonds. The van der Waals surface area contributed by atoms with Crippen LogP contribution in [0.15, 0.2) is 218 Å². The van der Waals surface area contributed by atoms with E-state index in [-0.39, 0.29) is 0 Å². The third kappa shape index (κ3) is 6.04. The summed E-state index contributed by atoms with van der Waals surface area (Å²) in [6, 6.07) is 77.8. The van der Waals surface area contributed by atoms with Crippen LogP contribution in [0.2, 0.25) is 0 Å². The molecule has 0 spiro atoms. The number of hydrogen-bond acceptors (Lipinski definition) is 3. The van der Waals surface area contributed by atoms with Gasteiger partial charge in [0.25, 0.3) is 0 Å². The maximum Gasteiger partial charge on any atom is 0.164 e. The SMILES string of the molecule is c1ccc(-c2cccc(-c3cc(-c4nc(-c5ccccc5)nc(-c5cccc6ccccc56)n4)ccc3-n3c4cc5ccccc5cc4c4cc5ccccc5cc43)c2)cc1. The summed E-state index contributed by atoms with van der Waals surface area (Å²) in [6.07, 6.45) is 0. The molecule has 0 fully saturated rings. The Balaban J connectivity index is 1.15. The summed E-state index contributed by atoms with van der Waals surface area (Å²) >= 11 is 0. The van der Waals surface area contributed by atoms with Gasteiger partial charge in [-0.25, -0.2) is 15.0 Å². The number of benzene rings is 10. The monoisotopic (exact) mass is 776 g/mol. The van der Waals surface area contributed by atoms with E-state index in [2.05, 4.69) is 205 Å². The Bertz CT molecular complexity index is 3550. The molecule has 4 nitrogen and oxygen atoms in total. The van der Waals surface area contributed by atoms with Gasteiger partial charge in [-0.15, -0.1) is 0 Å². The zero-order valence-corrected chi connectivity index (χ0v) is 33.1. The summed E-state index contributed by atoms with van der Waals surface area (Å²) in [7, 11) is 0. The zero-order valence-electron chi connectivity index (χ0n) is 33.1. The van der Waals surface area contributed by atoms with Gasteiger partial charge in [0.2, 0.25) is 0 Å². The normalized spacial score (nSPS) is 11.6. The molecule has 12 aromatic rings. The van der Waals surface area contributed by atoms with Gasteiger partial charge in [0.15, 0.2) is 17.5 Å². The predicted molar refractivity (Wildman–Crippen MR) is 254 cm³/mol. The van der Waals surface area contributed by atoms with E-state index in [4.69, 9.17) is 15.0 Å². The van der Waals surface area contributed by atoms with E-state index in [1.165, 1.54) is 37.9 Å². The molecule has 61 heavy (non-hydrogen) atoms. The highest BCUT2D eigenvalue weighted by Crippen LogP contribution is 2.42. The standard InChI is InChI=1S/C57H36N4/c1-3-15-37(16-4-1)40-25-13-26-45(31-40)49-34-46(56-58-55(39-18-5-2-6-19-39)59-57(60-56)48-28-14-24-38-17-11-12-27-47(38)48)29-30-52(49)61-53-35-43-22-9-7-20-41(43)32-50(53)51-33-42-21-8-10-23-44(42)36-54(51)61/h1-36H. The number of hydrogen-bond donors (Lipinski definition) is 0. The smallest absolute Gasteiger partial charge is 0.164 e. The van der Waals surface area contributed by atoms with Gasteiger partial charge < -0.3 is 4.57 Å². The van der Waals surface area contributed by atoms with E-state index in [1.807, 2.05) is 18.2 Å². The molecule has 0 bridgehead atoms. The van der Waals surface area contributed by atoms with Gasteiger partial charge in [-0.3, -0.25) is 0 Å². The first kappa shape index (κ1) is 34.8. The lowest BCUT2D eigenvalue weighted by molar-refractivity contribution is 1.07. The van der Waals surface area contributed by atoms with Crippen molar-refractivity contribution in [3.63, 3.8) is 0 Å². The molecule has 0 radical (unpaired) electrons. The van der Waals surface area contributed by atoms with Crippen molar-refractivity contribution in [3.8, 4) is 62.1 Å². The summed E-state index contributed by atoms with van der Waals surface area (Å²) in [5, 5.41) is 9.52. The maximum atomic E-state index is 5.28. The zero-order chi connectivity index (χ0) is 40.3. The van der Waals surface area contributed by atoms with Crippen LogP contribution < -0.4 is 0 Å². The van der Waals surface area contributed by atoms with Crippen LogP contribution in [-0.2, 0) is 0 Å². The topological polar surface area (TPSA) is 43.6 Å². The van der Waals surface area contributed by atoms with Crippen molar-refractivity contribution in [1.82, 2.24) is 19.5 Å². The Morgan fingerprint density at radius 2 is 0.754 bits per heavy atom. The van der Waals surface area contributed by atoms with Crippen molar-refractivity contribution in [1.29, 1.82) is 0 Å². The summed E-state index contributed by atoms with van der Waals surface area (Å²) in [5.41, 5.74) is 10.7. The van der Waals surface area contributed by atoms with E-state index < -0.39 is 0 Å². The molecule has 0 atom stereocenters. The van der Waals surface area contributed by atoms with Gasteiger partial charge in [-0.2, -0.15) is 0 Å². The molecule has 2 aromatic heterocycles. The first-order valence-corrected chi connectivity index (χ1v) is 20.7. The van der Waals surface area contributed by atoms with E-state index >= 15 is 0 Å². The minimum absolute atomic E-state index is 0.614. The van der Waals surface area contributed by atoms with E-state index in [9.17, 15) is 0 Å². The largest absolute Gasteiger partial charge is 0.309 e. The van der Waals surface area contributed by atoms with E-state index in [0.29, 0.717) is 17.5 Å². The fourth-order valence-electron chi connectivity index (χ4n) is 9.01.